The van der Waals surface area contributed by atoms with E-state index in [1.165, 1.54) is 0 Å². The molecule has 0 heterocycles. The zero-order valence-corrected chi connectivity index (χ0v) is 6.26. The Morgan fingerprint density at radius 2 is 1.78 bits per heavy atom. The van der Waals surface area contributed by atoms with Crippen LogP contribution in [0.4, 0.5) is 0 Å². The number of carboxylic acids is 1. The largest absolute Gasteiger partial charge is 0.480 e. The van der Waals surface area contributed by atoms with Gasteiger partial charge in [-0.2, -0.15) is 0 Å². The number of carbonyl (C=O) groups is 1. The van der Waals surface area contributed by atoms with E-state index in [4.69, 9.17) is 5.11 Å². The van der Waals surface area contributed by atoms with E-state index in [2.05, 4.69) is 0 Å². The molecule has 1 N–H and O–H groups in total. The molecule has 1 aliphatic carbocycles. The minimum Gasteiger partial charge on any atom is -0.480 e. The van der Waals surface area contributed by atoms with Crippen LogP contribution in [0.15, 0.2) is 24.3 Å². The molecule has 0 aliphatic heterocycles. The van der Waals surface area contributed by atoms with E-state index in [0.29, 0.717) is 5.92 Å². The third-order valence-corrected chi connectivity index (χ3v) is 0.910. The van der Waals surface area contributed by atoms with E-state index in [9.17, 15) is 4.79 Å². The molecular formula is C6H5O2Ru. The summed E-state index contributed by atoms with van der Waals surface area (Å²) >= 11 is 0. The molecule has 0 spiro atoms. The summed E-state index contributed by atoms with van der Waals surface area (Å²) in [6.45, 7) is 0. The molecule has 1 aliphatic rings. The summed E-state index contributed by atoms with van der Waals surface area (Å²) in [6.07, 6.45) is 6.51. The summed E-state index contributed by atoms with van der Waals surface area (Å²) in [4.78, 5) is 10.1. The van der Waals surface area contributed by atoms with E-state index in [-0.39, 0.29) is 19.5 Å². The van der Waals surface area contributed by atoms with Crippen molar-refractivity contribution in [2.75, 3.05) is 0 Å². The molecule has 2 nitrogen and oxygen atoms in total. The molecule has 0 amide bonds. The third-order valence-electron chi connectivity index (χ3n) is 0.910. The first kappa shape index (κ1) is 8.57. The van der Waals surface area contributed by atoms with Crippen LogP contribution in [-0.2, 0) is 24.3 Å². The molecule has 0 aromatic rings. The topological polar surface area (TPSA) is 37.3 Å². The van der Waals surface area contributed by atoms with Crippen molar-refractivity contribution in [2.24, 2.45) is 0 Å². The maximum Gasteiger partial charge on any atom is 0.319 e. The van der Waals surface area contributed by atoms with Crippen LogP contribution in [-0.4, -0.2) is 11.1 Å². The average molecular weight is 210 g/mol. The van der Waals surface area contributed by atoms with Crippen LogP contribution in [0.25, 0.3) is 0 Å². The predicted molar refractivity (Wildman–Crippen MR) is 29.2 cm³/mol. The van der Waals surface area contributed by atoms with Crippen molar-refractivity contribution >= 4 is 5.97 Å². The Morgan fingerprint density at radius 1 is 1.33 bits per heavy atom. The first-order valence-corrected chi connectivity index (χ1v) is 2.26. The average Bonchev–Trinajstić information content (AvgIpc) is 2.12. The molecule has 49 valence electrons. The van der Waals surface area contributed by atoms with E-state index in [0.717, 1.165) is 0 Å². The van der Waals surface area contributed by atoms with Crippen molar-refractivity contribution in [3.8, 4) is 0 Å². The SMILES string of the molecule is O=C(O)[C]1C=CC=C1.[Ru]. The summed E-state index contributed by atoms with van der Waals surface area (Å²) in [7, 11) is 0. The van der Waals surface area contributed by atoms with Gasteiger partial charge < -0.3 is 5.11 Å². The van der Waals surface area contributed by atoms with Crippen molar-refractivity contribution in [1.29, 1.82) is 0 Å². The number of hydrogen-bond donors (Lipinski definition) is 1. The van der Waals surface area contributed by atoms with Crippen molar-refractivity contribution in [2.45, 2.75) is 0 Å². The molecule has 1 radical (unpaired) electrons. The number of rotatable bonds is 1. The van der Waals surface area contributed by atoms with Gasteiger partial charge in [-0.05, 0) is 0 Å². The van der Waals surface area contributed by atoms with Gasteiger partial charge in [0.2, 0.25) is 0 Å². The van der Waals surface area contributed by atoms with Gasteiger partial charge in [0, 0.05) is 19.5 Å². The van der Waals surface area contributed by atoms with Gasteiger partial charge >= 0.3 is 5.97 Å². The van der Waals surface area contributed by atoms with Crippen LogP contribution in [0.2, 0.25) is 0 Å². The van der Waals surface area contributed by atoms with Gasteiger partial charge in [-0.15, -0.1) is 0 Å². The Morgan fingerprint density at radius 3 is 2.00 bits per heavy atom. The monoisotopic (exact) mass is 211 g/mol. The van der Waals surface area contributed by atoms with Crippen molar-refractivity contribution in [3.63, 3.8) is 0 Å². The first-order chi connectivity index (χ1) is 3.80. The van der Waals surface area contributed by atoms with Crippen LogP contribution in [0.3, 0.4) is 0 Å². The fraction of sp³-hybridized carbons (Fsp3) is 0. The van der Waals surface area contributed by atoms with Crippen LogP contribution < -0.4 is 0 Å². The zero-order chi connectivity index (χ0) is 5.98. The second kappa shape index (κ2) is 3.57. The maximum atomic E-state index is 10.1. The second-order valence-electron chi connectivity index (χ2n) is 1.48. The fourth-order valence-corrected chi connectivity index (χ4v) is 0.517. The van der Waals surface area contributed by atoms with Gasteiger partial charge in [0.15, 0.2) is 0 Å². The number of hydrogen-bond acceptors (Lipinski definition) is 1. The van der Waals surface area contributed by atoms with Crippen molar-refractivity contribution in [1.82, 2.24) is 0 Å². The molecule has 0 aromatic heterocycles. The number of carboxylic acid groups (broad SMARTS) is 1. The third kappa shape index (κ3) is 2.10. The van der Waals surface area contributed by atoms with Crippen LogP contribution in [0.1, 0.15) is 0 Å². The standard InChI is InChI=1S/C6H5O2.Ru/c7-6(8)5-3-1-2-4-5;/h1-4H,(H,7,8);. The van der Waals surface area contributed by atoms with Gasteiger partial charge in [0.25, 0.3) is 0 Å². The summed E-state index contributed by atoms with van der Waals surface area (Å²) in [5.41, 5.74) is 0. The van der Waals surface area contributed by atoms with Gasteiger partial charge in [-0.1, -0.05) is 24.3 Å². The van der Waals surface area contributed by atoms with Crippen LogP contribution >= 0.6 is 0 Å². The molecule has 0 unspecified atom stereocenters. The van der Waals surface area contributed by atoms with Gasteiger partial charge in [0.05, 0.1) is 0 Å². The Kier molecular flexibility index (Phi) is 3.40. The fourth-order valence-electron chi connectivity index (χ4n) is 0.517. The minimum atomic E-state index is -0.866. The smallest absolute Gasteiger partial charge is 0.319 e. The summed E-state index contributed by atoms with van der Waals surface area (Å²) in [5, 5.41) is 8.27. The summed E-state index contributed by atoms with van der Waals surface area (Å²) < 4.78 is 0. The summed E-state index contributed by atoms with van der Waals surface area (Å²) in [5.74, 6) is -0.514. The molecule has 1 rings (SSSR count). The van der Waals surface area contributed by atoms with Crippen molar-refractivity contribution in [3.05, 3.63) is 30.2 Å². The molecule has 0 fully saturated rings. The molecule has 0 atom stereocenters. The Bertz CT molecular complexity index is 148. The molecule has 0 aromatic carbocycles. The minimum absolute atomic E-state index is 0. The molecule has 0 bridgehead atoms. The van der Waals surface area contributed by atoms with E-state index in [1.807, 2.05) is 0 Å². The Labute approximate surface area is 66.0 Å². The van der Waals surface area contributed by atoms with Gasteiger partial charge in [0.1, 0.15) is 5.92 Å². The van der Waals surface area contributed by atoms with E-state index >= 15 is 0 Å². The number of aliphatic carboxylic acids is 1. The second-order valence-corrected chi connectivity index (χ2v) is 1.48. The Balaban J connectivity index is 0.000000640. The summed E-state index contributed by atoms with van der Waals surface area (Å²) in [6, 6.07) is 0. The molecule has 3 heteroatoms. The van der Waals surface area contributed by atoms with Crippen LogP contribution in [0.5, 0.6) is 0 Å². The first-order valence-electron chi connectivity index (χ1n) is 2.26. The number of allylic oxidation sites excluding steroid dienone is 2. The molecule has 9 heavy (non-hydrogen) atoms. The van der Waals surface area contributed by atoms with Crippen molar-refractivity contribution < 1.29 is 29.4 Å². The normalized spacial score (nSPS) is 15.6. The van der Waals surface area contributed by atoms with E-state index in [1.54, 1.807) is 24.3 Å². The molecule has 0 saturated heterocycles. The van der Waals surface area contributed by atoms with Gasteiger partial charge in [-0.3, -0.25) is 4.79 Å². The maximum absolute atomic E-state index is 10.1. The van der Waals surface area contributed by atoms with Crippen LogP contribution in [0, 0.1) is 5.92 Å². The predicted octanol–water partition coefficient (Wildman–Crippen LogP) is 0.769. The van der Waals surface area contributed by atoms with E-state index < -0.39 is 5.97 Å². The molecule has 0 saturated carbocycles. The zero-order valence-electron chi connectivity index (χ0n) is 4.52. The Hall–Kier alpha value is -0.427. The quantitative estimate of drug-likeness (QED) is 0.649. The van der Waals surface area contributed by atoms with Gasteiger partial charge in [-0.25, -0.2) is 0 Å². The molecular weight excluding hydrogens is 205 g/mol.